The second-order valence-corrected chi connectivity index (χ2v) is 10.6. The Morgan fingerprint density at radius 2 is 1.90 bits per heavy atom. The lowest BCUT2D eigenvalue weighted by molar-refractivity contribution is 0.0165. The van der Waals surface area contributed by atoms with Gasteiger partial charge in [-0.05, 0) is 24.3 Å². The summed E-state index contributed by atoms with van der Waals surface area (Å²) in [6, 6.07) is 4.48. The van der Waals surface area contributed by atoms with Gasteiger partial charge in [-0.2, -0.15) is 14.0 Å². The van der Waals surface area contributed by atoms with E-state index in [0.717, 1.165) is 30.3 Å². The molecule has 0 aliphatic heterocycles. The van der Waals surface area contributed by atoms with Crippen LogP contribution in [-0.4, -0.2) is 36.6 Å². The SMILES string of the molecule is CS(=O)(=O)N=S(=O)(CF)c1ccc(Oc2cc(F)cc(C#N)c2)c2c1C(=O)C(F)(F)C2. The summed E-state index contributed by atoms with van der Waals surface area (Å²) >= 11 is 0. The minimum Gasteiger partial charge on any atom is -0.457 e. The molecule has 0 aromatic heterocycles. The van der Waals surface area contributed by atoms with E-state index in [9.17, 15) is 35.0 Å². The highest BCUT2D eigenvalue weighted by molar-refractivity contribution is 8.03. The zero-order valence-electron chi connectivity index (χ0n) is 15.6. The maximum atomic E-state index is 14.2. The number of halogens is 4. The van der Waals surface area contributed by atoms with Gasteiger partial charge in [0.2, 0.25) is 5.78 Å². The number of hydrogen-bond donors (Lipinski definition) is 0. The molecule has 164 valence electrons. The van der Waals surface area contributed by atoms with E-state index < -0.39 is 65.7 Å². The number of nitriles is 1. The molecule has 2 aromatic carbocycles. The van der Waals surface area contributed by atoms with Crippen molar-refractivity contribution in [1.82, 2.24) is 0 Å². The van der Waals surface area contributed by atoms with Gasteiger partial charge in [0.05, 0.1) is 22.8 Å². The molecule has 0 N–H and O–H groups in total. The third-order valence-electron chi connectivity index (χ3n) is 4.17. The predicted molar refractivity (Wildman–Crippen MR) is 100 cm³/mol. The monoisotopic (exact) mass is 476 g/mol. The summed E-state index contributed by atoms with van der Waals surface area (Å²) in [5.74, 6) is -7.22. The second kappa shape index (κ2) is 7.61. The van der Waals surface area contributed by atoms with Crippen LogP contribution in [0, 0.1) is 17.1 Å². The Hall–Kier alpha value is -2.98. The second-order valence-electron chi connectivity index (χ2n) is 6.57. The van der Waals surface area contributed by atoms with Crippen LogP contribution in [-0.2, 0) is 26.2 Å². The van der Waals surface area contributed by atoms with Crippen molar-refractivity contribution in [1.29, 1.82) is 5.26 Å². The molecule has 7 nitrogen and oxygen atoms in total. The topological polar surface area (TPSA) is 114 Å². The first-order valence-electron chi connectivity index (χ1n) is 8.29. The van der Waals surface area contributed by atoms with E-state index in [1.54, 1.807) is 6.07 Å². The maximum Gasteiger partial charge on any atom is 0.313 e. The highest BCUT2D eigenvalue weighted by Gasteiger charge is 2.50. The van der Waals surface area contributed by atoms with E-state index in [-0.39, 0.29) is 17.1 Å². The predicted octanol–water partition coefficient (Wildman–Crippen LogP) is 3.58. The van der Waals surface area contributed by atoms with Crippen LogP contribution < -0.4 is 4.74 Å². The molecule has 1 atom stereocenters. The molecular weight excluding hydrogens is 464 g/mol. The van der Waals surface area contributed by atoms with Gasteiger partial charge in [0.1, 0.15) is 27.0 Å². The summed E-state index contributed by atoms with van der Waals surface area (Å²) in [6.07, 6.45) is -0.668. The highest BCUT2D eigenvalue weighted by Crippen LogP contribution is 2.44. The van der Waals surface area contributed by atoms with Crippen LogP contribution >= 0.6 is 0 Å². The third-order valence-corrected chi connectivity index (χ3v) is 7.53. The van der Waals surface area contributed by atoms with Gasteiger partial charge in [0.15, 0.2) is 6.01 Å². The molecule has 1 aliphatic carbocycles. The van der Waals surface area contributed by atoms with Crippen molar-refractivity contribution < 1.29 is 39.7 Å². The lowest BCUT2D eigenvalue weighted by Gasteiger charge is -2.14. The van der Waals surface area contributed by atoms with Crippen LogP contribution in [0.25, 0.3) is 0 Å². The fourth-order valence-electron chi connectivity index (χ4n) is 3.03. The van der Waals surface area contributed by atoms with Gasteiger partial charge in [-0.15, -0.1) is 3.77 Å². The summed E-state index contributed by atoms with van der Waals surface area (Å²) in [4.78, 5) is 11.5. The number of alkyl halides is 3. The lowest BCUT2D eigenvalue weighted by Crippen LogP contribution is -2.24. The number of fused-ring (bicyclic) bond motifs is 1. The van der Waals surface area contributed by atoms with Gasteiger partial charge in [-0.1, -0.05) is 0 Å². The zero-order chi connectivity index (χ0) is 23.2. The largest absolute Gasteiger partial charge is 0.457 e. The van der Waals surface area contributed by atoms with E-state index in [1.807, 2.05) is 0 Å². The maximum absolute atomic E-state index is 14.2. The van der Waals surface area contributed by atoms with Gasteiger partial charge in [-0.3, -0.25) is 4.79 Å². The van der Waals surface area contributed by atoms with E-state index in [2.05, 4.69) is 3.77 Å². The van der Waals surface area contributed by atoms with Crippen molar-refractivity contribution in [3.63, 3.8) is 0 Å². The fourth-order valence-corrected chi connectivity index (χ4v) is 6.19. The van der Waals surface area contributed by atoms with Gasteiger partial charge < -0.3 is 4.74 Å². The zero-order valence-corrected chi connectivity index (χ0v) is 17.2. The Morgan fingerprint density at radius 1 is 1.23 bits per heavy atom. The Bertz CT molecular complexity index is 1370. The molecule has 31 heavy (non-hydrogen) atoms. The first kappa shape index (κ1) is 22.7. The molecule has 1 unspecified atom stereocenters. The van der Waals surface area contributed by atoms with Crippen molar-refractivity contribution in [2.75, 3.05) is 12.3 Å². The molecule has 13 heteroatoms. The molecule has 0 saturated heterocycles. The van der Waals surface area contributed by atoms with Gasteiger partial charge in [0.25, 0.3) is 10.0 Å². The van der Waals surface area contributed by atoms with Crippen LogP contribution in [0.5, 0.6) is 11.5 Å². The lowest BCUT2D eigenvalue weighted by atomic mass is 10.1. The number of carbonyl (C=O) groups excluding carboxylic acids is 1. The summed E-state index contributed by atoms with van der Waals surface area (Å²) < 4.78 is 99.7. The molecule has 1 aliphatic rings. The van der Waals surface area contributed by atoms with E-state index >= 15 is 0 Å². The van der Waals surface area contributed by atoms with E-state index in [1.165, 1.54) is 0 Å². The van der Waals surface area contributed by atoms with Crippen molar-refractivity contribution in [3.8, 4) is 17.6 Å². The fraction of sp³-hybridized carbons (Fsp3) is 0.222. The van der Waals surface area contributed by atoms with Crippen LogP contribution in [0.2, 0.25) is 0 Å². The van der Waals surface area contributed by atoms with Crippen LogP contribution in [0.1, 0.15) is 21.5 Å². The number of ether oxygens (including phenoxy) is 1. The minimum atomic E-state index is -4.42. The molecule has 2 aromatic rings. The normalized spacial score (nSPS) is 16.8. The molecule has 3 rings (SSSR count). The summed E-state index contributed by atoms with van der Waals surface area (Å²) in [7, 11) is -8.79. The van der Waals surface area contributed by atoms with Crippen molar-refractivity contribution in [2.45, 2.75) is 17.2 Å². The Balaban J connectivity index is 2.26. The molecule has 0 spiro atoms. The first-order chi connectivity index (χ1) is 14.3. The smallest absolute Gasteiger partial charge is 0.313 e. The first-order valence-corrected chi connectivity index (χ1v) is 11.8. The van der Waals surface area contributed by atoms with Crippen molar-refractivity contribution >= 4 is 25.5 Å². The summed E-state index contributed by atoms with van der Waals surface area (Å²) in [6.45, 7) is 0. The standard InChI is InChI=1S/C18H12F4N2O5S2/c1-30(26,27)24-31(28,9-19)15-3-2-14(13-7-18(21,22)17(25)16(13)15)29-12-5-10(8-23)4-11(20)6-12/h2-6H,7,9H2,1H3. The molecule has 0 amide bonds. The molecular formula is C18H12F4N2O5S2. The number of hydrogen-bond acceptors (Lipinski definition) is 6. The molecule has 0 bridgehead atoms. The van der Waals surface area contributed by atoms with Gasteiger partial charge in [0, 0.05) is 23.6 Å². The summed E-state index contributed by atoms with van der Waals surface area (Å²) in [5, 5.41) is 8.91. The number of nitrogens with zero attached hydrogens (tertiary/aromatic N) is 2. The van der Waals surface area contributed by atoms with Crippen LogP contribution in [0.4, 0.5) is 17.6 Å². The van der Waals surface area contributed by atoms with Crippen molar-refractivity contribution in [2.24, 2.45) is 3.77 Å². The number of ketones is 1. The summed E-state index contributed by atoms with van der Waals surface area (Å²) in [5.41, 5.74) is -1.47. The average molecular weight is 476 g/mol. The highest BCUT2D eigenvalue weighted by atomic mass is 32.3. The number of carbonyl (C=O) groups is 1. The van der Waals surface area contributed by atoms with Gasteiger partial charge in [-0.25, -0.2) is 21.4 Å². The van der Waals surface area contributed by atoms with Crippen LogP contribution in [0.15, 0.2) is 39.0 Å². The average Bonchev–Trinajstić information content (AvgIpc) is 2.90. The van der Waals surface area contributed by atoms with Crippen molar-refractivity contribution in [3.05, 3.63) is 52.8 Å². The Morgan fingerprint density at radius 3 is 2.48 bits per heavy atom. The number of rotatable bonds is 5. The Kier molecular flexibility index (Phi) is 5.57. The molecule has 0 fully saturated rings. The molecule has 0 heterocycles. The third kappa shape index (κ3) is 4.40. The van der Waals surface area contributed by atoms with E-state index in [0.29, 0.717) is 6.26 Å². The van der Waals surface area contributed by atoms with Gasteiger partial charge >= 0.3 is 5.92 Å². The molecule has 0 radical (unpaired) electrons. The minimum absolute atomic E-state index is 0.128. The van der Waals surface area contributed by atoms with Crippen LogP contribution in [0.3, 0.4) is 0 Å². The molecule has 0 saturated carbocycles. The van der Waals surface area contributed by atoms with E-state index in [4.69, 9.17) is 10.00 Å². The quantitative estimate of drug-likeness (QED) is 0.610. The number of Topliss-reactive ketones (excluding diaryl/α,β-unsaturated/α-hetero) is 1. The number of benzene rings is 2. The Labute approximate surface area is 174 Å². The number of sulfonamides is 1.